The monoisotopic (exact) mass is 1880 g/mol. The molecule has 21 unspecified atom stereocenters. The van der Waals surface area contributed by atoms with Crippen LogP contribution in [0, 0.1) is 113 Å². The van der Waals surface area contributed by atoms with Crippen molar-refractivity contribution < 1.29 is 33.5 Å². The molecule has 31 rings (SSSR count). The van der Waals surface area contributed by atoms with Gasteiger partial charge in [0, 0.05) is 80.8 Å². The fourth-order valence-electron chi connectivity index (χ4n) is 40.4. The van der Waals surface area contributed by atoms with Crippen molar-refractivity contribution in [3.8, 4) is 0 Å². The number of nitrogens with zero attached hydrogens (tertiary/aromatic N) is 2. The first-order valence-electron chi connectivity index (χ1n) is 55.8. The maximum Gasteiger partial charge on any atom is 0.324 e. The number of hydrogen-bond donors (Lipinski definition) is 5. The van der Waals surface area contributed by atoms with E-state index in [1.807, 2.05) is 4.90 Å². The van der Waals surface area contributed by atoms with Crippen molar-refractivity contribution in [2.24, 2.45) is 125 Å². The van der Waals surface area contributed by atoms with Gasteiger partial charge in [0.05, 0.1) is 17.9 Å². The summed E-state index contributed by atoms with van der Waals surface area (Å²) in [5.41, 5.74) is 23.6. The molecule has 0 radical (unpaired) electrons. The molecule has 14 nitrogen and oxygen atoms in total. The zero-order chi connectivity index (χ0) is 96.2. The van der Waals surface area contributed by atoms with Crippen LogP contribution in [-0.4, -0.2) is 123 Å². The standard InChI is InChI=1S/C27H39NO.C26H31NO.C24H32N2O3.C24H34N2O.C24H31NO/c1-19(2)25-13-21-14-26(16-25,22-6-4-3-5-7-22)18-27(15-21,17-25)24(29)12-20-8-10-23(28)11-9-20;1-24-12-21-13-25(16-24,22-5-3-2-4-6-22)18-26(14-21,17-24)23(28)11-19-7-9-20(15-27)10-8-19;1-22-10-17-11-23(14-22,18-6-4-3-5-7-18)16-24(12-17,15-22)21(28)26-9-8-25-19(13-26)20(27)29-2;1-22-12-18-13-23(15-22,19-6-4-3-5-7-19)17-24(14-18,16-22)21(27)26(2)20-8-10-25-11-9-20;1-22-8-16-9-23(13-22,17-5-3-2-4-6-17)15-24(10-16,14-22)21(26)7-18-19-11-25-12-20(18)19/h3-7,19-21,23H,8-18,28H2,1-2H3;2-10,21H,11-18,27H2,1H3;3-7,17,19,25H,8-16H2,1-2H3;3-7,18,20,25H,8-17H2,1-2H3;2-6,16,18-20,25H,7-15H2,1H3/t;;17?,19-,22?,23?,24?;;16?,18?,19-,20+,22?,23?,24?/m..1../s1. The van der Waals surface area contributed by atoms with Gasteiger partial charge in [0.1, 0.15) is 23.4 Å². The first-order valence-corrected chi connectivity index (χ1v) is 55.8. The van der Waals surface area contributed by atoms with Crippen LogP contribution in [0.5, 0.6) is 0 Å². The number of rotatable bonds is 20. The molecule has 6 aromatic rings. The van der Waals surface area contributed by atoms with Gasteiger partial charge in [-0.3, -0.25) is 28.8 Å². The Labute approximate surface area is 832 Å². The Bertz CT molecular complexity index is 5520. The maximum atomic E-state index is 14.0. The van der Waals surface area contributed by atoms with Crippen molar-refractivity contribution in [3.05, 3.63) is 215 Å². The third-order valence-corrected chi connectivity index (χ3v) is 43.1. The number of Topliss-reactive ketones (excluding diaryl/α,β-unsaturated/α-hetero) is 3. The van der Waals surface area contributed by atoms with E-state index in [1.165, 1.54) is 151 Å². The fraction of sp³-hybridized carbons (Fsp3) is 0.664. The zero-order valence-electron chi connectivity index (χ0n) is 85.9. The van der Waals surface area contributed by atoms with Gasteiger partial charge in [0.2, 0.25) is 11.8 Å². The van der Waals surface area contributed by atoms with Gasteiger partial charge in [-0.25, -0.2) is 0 Å². The summed E-state index contributed by atoms with van der Waals surface area (Å²) in [7, 11) is 3.50. The molecular formula is C125H167N7O7. The molecule has 24 atom stereocenters. The normalized spacial score (nSPS) is 42.2. The summed E-state index contributed by atoms with van der Waals surface area (Å²) >= 11 is 0. The number of amides is 2. The minimum absolute atomic E-state index is 0.00563. The molecule has 0 spiro atoms. The molecule has 25 aliphatic rings. The number of esters is 1. The highest BCUT2D eigenvalue weighted by Crippen LogP contribution is 2.77. The Hall–Kier alpha value is -7.46. The molecule has 744 valence electrons. The average Bonchev–Trinajstić information content (AvgIpc) is 1.13. The van der Waals surface area contributed by atoms with Gasteiger partial charge in [-0.15, -0.1) is 0 Å². The van der Waals surface area contributed by atoms with Gasteiger partial charge < -0.3 is 42.0 Å². The smallest absolute Gasteiger partial charge is 0.324 e. The Morgan fingerprint density at radius 2 is 0.791 bits per heavy atom. The van der Waals surface area contributed by atoms with E-state index in [0.717, 1.165) is 195 Å². The van der Waals surface area contributed by atoms with E-state index in [2.05, 4.69) is 245 Å². The number of nitrogens with one attached hydrogen (secondary N) is 3. The molecule has 22 aliphatic carbocycles. The topological polar surface area (TPSA) is 206 Å². The third kappa shape index (κ3) is 17.7. The van der Waals surface area contributed by atoms with E-state index in [9.17, 15) is 28.8 Å². The van der Waals surface area contributed by atoms with E-state index in [-0.39, 0.29) is 71.4 Å². The highest BCUT2D eigenvalue weighted by atomic mass is 16.5. The number of piperazine rings is 1. The molecule has 3 heterocycles. The van der Waals surface area contributed by atoms with Crippen molar-refractivity contribution >= 4 is 35.1 Å². The Kier molecular flexibility index (Phi) is 25.0. The SMILES string of the molecule is CC(C)C12CC3CC(C(=O)CC4CCC(N)CC4)(CC(c4ccccc4)(C3)C1)C2.CC12CC3CC(C(=O)CC4[C@H]5CNC[C@@H]45)(C1)CC(c1ccccc1)(C3)C2.CC12CC3CC(C(=O)Cc4ccc(CN)cc4)(C1)CC(c1ccccc1)(C3)C2.CN(C(=O)C12CC3CC(C)(C1)CC(c1ccccc1)(C3)C2)C1CCNCC1.COC(=O)[C@H]1CN(C(=O)C23CC4CC(C)(C2)CC(c2ccccc2)(C4)C3)CCN1. The summed E-state index contributed by atoms with van der Waals surface area (Å²) < 4.78 is 4.92. The highest BCUT2D eigenvalue weighted by molar-refractivity contribution is 5.89. The predicted molar refractivity (Wildman–Crippen MR) is 553 cm³/mol. The van der Waals surface area contributed by atoms with Crippen molar-refractivity contribution in [1.29, 1.82) is 0 Å². The number of piperidine rings is 2. The minimum atomic E-state index is -0.412. The highest BCUT2D eigenvalue weighted by Gasteiger charge is 2.72. The molecule has 6 aromatic carbocycles. The van der Waals surface area contributed by atoms with Gasteiger partial charge in [-0.05, 0) is 410 Å². The van der Waals surface area contributed by atoms with Crippen molar-refractivity contribution in [3.63, 3.8) is 0 Å². The van der Waals surface area contributed by atoms with Crippen LogP contribution in [0.3, 0.4) is 0 Å². The van der Waals surface area contributed by atoms with Crippen molar-refractivity contribution in [1.82, 2.24) is 25.8 Å². The van der Waals surface area contributed by atoms with Crippen LogP contribution in [0.4, 0.5) is 0 Å². The molecule has 3 saturated heterocycles. The van der Waals surface area contributed by atoms with Crippen LogP contribution in [0.1, 0.15) is 324 Å². The molecule has 14 heteroatoms. The number of nitrogens with two attached hydrogens (primary N) is 2. The number of ether oxygens (including phenoxy) is 1. The molecular weight excluding hydrogens is 1710 g/mol. The lowest BCUT2D eigenvalue weighted by atomic mass is 9.36. The summed E-state index contributed by atoms with van der Waals surface area (Å²) in [5, 5.41) is 10.1. The molecule has 2 amide bonds. The third-order valence-electron chi connectivity index (χ3n) is 43.1. The van der Waals surface area contributed by atoms with Gasteiger partial charge in [-0.2, -0.15) is 0 Å². The van der Waals surface area contributed by atoms with Crippen LogP contribution >= 0.6 is 0 Å². The lowest BCUT2D eigenvalue weighted by molar-refractivity contribution is -0.172. The lowest BCUT2D eigenvalue weighted by Gasteiger charge is -2.68. The molecule has 139 heavy (non-hydrogen) atoms. The molecule has 20 bridgehead atoms. The van der Waals surface area contributed by atoms with E-state index in [4.69, 9.17) is 16.2 Å². The second-order valence-electron chi connectivity index (χ2n) is 54.4. The fourth-order valence-corrected chi connectivity index (χ4v) is 40.4. The van der Waals surface area contributed by atoms with Gasteiger partial charge in [0.25, 0.3) is 0 Å². The van der Waals surface area contributed by atoms with Crippen LogP contribution < -0.4 is 27.4 Å². The van der Waals surface area contributed by atoms with Crippen molar-refractivity contribution in [2.45, 2.75) is 344 Å². The number of carbonyl (C=O) groups is 6. The molecule has 22 saturated carbocycles. The quantitative estimate of drug-likeness (QED) is 0.0453. The minimum Gasteiger partial charge on any atom is -0.468 e. The van der Waals surface area contributed by atoms with Crippen LogP contribution in [0.2, 0.25) is 0 Å². The number of carbonyl (C=O) groups excluding carboxylic acids is 6. The van der Waals surface area contributed by atoms with Crippen LogP contribution in [0.25, 0.3) is 0 Å². The molecule has 3 aliphatic heterocycles. The number of ketones is 3. The van der Waals surface area contributed by atoms with Gasteiger partial charge >= 0.3 is 5.97 Å². The molecule has 7 N–H and O–H groups in total. The summed E-state index contributed by atoms with van der Waals surface area (Å²) in [6, 6.07) is 64.3. The second-order valence-corrected chi connectivity index (χ2v) is 54.4. The van der Waals surface area contributed by atoms with E-state index >= 15 is 0 Å². The van der Waals surface area contributed by atoms with E-state index in [0.29, 0.717) is 119 Å². The van der Waals surface area contributed by atoms with E-state index < -0.39 is 6.04 Å². The van der Waals surface area contributed by atoms with Crippen LogP contribution in [0.15, 0.2) is 176 Å². The molecule has 25 fully saturated rings. The first-order chi connectivity index (χ1) is 66.6. The van der Waals surface area contributed by atoms with E-state index in [1.54, 1.807) is 0 Å². The number of benzene rings is 6. The lowest BCUT2D eigenvalue weighted by Crippen LogP contribution is -2.65. The zero-order valence-corrected chi connectivity index (χ0v) is 85.9. The Morgan fingerprint density at radius 3 is 1.23 bits per heavy atom. The first kappa shape index (κ1) is 96.3. The second kappa shape index (κ2) is 36.0. The number of hydrogen-bond acceptors (Lipinski definition) is 12. The molecule has 0 aromatic heterocycles. The van der Waals surface area contributed by atoms with Gasteiger partial charge in [0.15, 0.2) is 0 Å². The van der Waals surface area contributed by atoms with Gasteiger partial charge in [-0.1, -0.05) is 217 Å². The number of methoxy groups -OCH3 is 1. The average molecular weight is 1880 g/mol. The predicted octanol–water partition coefficient (Wildman–Crippen LogP) is 22.6. The summed E-state index contributed by atoms with van der Waals surface area (Å²) in [4.78, 5) is 85.4. The summed E-state index contributed by atoms with van der Waals surface area (Å²) in [5.74, 6) is 9.32. The maximum absolute atomic E-state index is 14.0. The largest absolute Gasteiger partial charge is 0.468 e. The van der Waals surface area contributed by atoms with Crippen molar-refractivity contribution in [2.75, 3.05) is 60.0 Å². The Balaban J connectivity index is 0.000000100. The summed E-state index contributed by atoms with van der Waals surface area (Å²) in [6.45, 7) is 21.4. The Morgan fingerprint density at radius 1 is 0.410 bits per heavy atom. The number of fused-ring (bicyclic) bond motifs is 1. The van der Waals surface area contributed by atoms with Crippen LogP contribution in [-0.2, 0) is 73.5 Å². The summed E-state index contributed by atoms with van der Waals surface area (Å²) in [6.07, 6.45) is 44.8.